The first-order chi connectivity index (χ1) is 9.22. The molecular weight excluding hydrogens is 236 g/mol. The maximum absolute atomic E-state index is 5.75. The molecule has 1 aliphatic rings. The minimum atomic E-state index is 0.663. The molecule has 114 valence electrons. The topological polar surface area (TPSA) is 24.5 Å². The second-order valence-electron chi connectivity index (χ2n) is 5.93. The summed E-state index contributed by atoms with van der Waals surface area (Å²) < 4.78 is 5.75. The molecular formula is C16H34N2O. The molecule has 1 aliphatic heterocycles. The normalized spacial score (nSPS) is 26.5. The minimum Gasteiger partial charge on any atom is -0.380 e. The number of nitrogens with one attached hydrogen (secondary N) is 1. The Labute approximate surface area is 120 Å². The molecule has 3 heteroatoms. The van der Waals surface area contributed by atoms with Gasteiger partial charge in [-0.2, -0.15) is 0 Å². The summed E-state index contributed by atoms with van der Waals surface area (Å²) in [7, 11) is 0. The van der Waals surface area contributed by atoms with Gasteiger partial charge in [-0.15, -0.1) is 0 Å². The summed E-state index contributed by atoms with van der Waals surface area (Å²) in [5.41, 5.74) is 0. The van der Waals surface area contributed by atoms with Crippen LogP contribution in [0, 0.1) is 5.92 Å². The lowest BCUT2D eigenvalue weighted by Gasteiger charge is -2.43. The lowest BCUT2D eigenvalue weighted by molar-refractivity contribution is 0.0455. The van der Waals surface area contributed by atoms with Crippen molar-refractivity contribution >= 4 is 0 Å². The molecule has 0 aromatic rings. The van der Waals surface area contributed by atoms with Crippen LogP contribution in [0.4, 0.5) is 0 Å². The van der Waals surface area contributed by atoms with Crippen LogP contribution in [-0.4, -0.2) is 49.8 Å². The number of nitrogens with zero attached hydrogens (tertiary/aromatic N) is 1. The first-order valence-corrected chi connectivity index (χ1v) is 8.28. The van der Waals surface area contributed by atoms with Gasteiger partial charge in [-0.25, -0.2) is 0 Å². The summed E-state index contributed by atoms with van der Waals surface area (Å²) in [6.07, 6.45) is 4.89. The van der Waals surface area contributed by atoms with Crippen LogP contribution in [-0.2, 0) is 4.74 Å². The molecule has 0 aliphatic carbocycles. The fraction of sp³-hybridized carbons (Fsp3) is 1.00. The van der Waals surface area contributed by atoms with Gasteiger partial charge in [0.15, 0.2) is 0 Å². The van der Waals surface area contributed by atoms with Crippen molar-refractivity contribution in [1.29, 1.82) is 0 Å². The molecule has 1 heterocycles. The van der Waals surface area contributed by atoms with Gasteiger partial charge in [0.2, 0.25) is 0 Å². The lowest BCUT2D eigenvalue weighted by Crippen LogP contribution is -2.58. The molecule has 0 aromatic heterocycles. The highest BCUT2D eigenvalue weighted by Crippen LogP contribution is 2.18. The Kier molecular flexibility index (Phi) is 8.67. The Morgan fingerprint density at radius 3 is 2.68 bits per heavy atom. The van der Waals surface area contributed by atoms with Gasteiger partial charge in [-0.3, -0.25) is 4.90 Å². The van der Waals surface area contributed by atoms with E-state index < -0.39 is 0 Å². The number of hydrogen-bond donors (Lipinski definition) is 1. The zero-order valence-corrected chi connectivity index (χ0v) is 13.5. The van der Waals surface area contributed by atoms with Crippen molar-refractivity contribution in [2.75, 3.05) is 32.8 Å². The van der Waals surface area contributed by atoms with Gasteiger partial charge in [0.05, 0.1) is 6.61 Å². The van der Waals surface area contributed by atoms with E-state index in [4.69, 9.17) is 4.74 Å². The van der Waals surface area contributed by atoms with Crippen LogP contribution in [0.15, 0.2) is 0 Å². The maximum atomic E-state index is 5.75. The molecule has 1 saturated heterocycles. The maximum Gasteiger partial charge on any atom is 0.0593 e. The Balaban J connectivity index is 2.37. The molecule has 0 saturated carbocycles. The van der Waals surface area contributed by atoms with Crippen molar-refractivity contribution < 1.29 is 4.74 Å². The predicted molar refractivity (Wildman–Crippen MR) is 82.6 cm³/mol. The van der Waals surface area contributed by atoms with Gasteiger partial charge in [-0.05, 0) is 18.8 Å². The van der Waals surface area contributed by atoms with E-state index in [-0.39, 0.29) is 0 Å². The summed E-state index contributed by atoms with van der Waals surface area (Å²) in [4.78, 5) is 2.66. The summed E-state index contributed by atoms with van der Waals surface area (Å²) in [5, 5.41) is 3.69. The van der Waals surface area contributed by atoms with E-state index in [9.17, 15) is 0 Å². The summed E-state index contributed by atoms with van der Waals surface area (Å²) in [6.45, 7) is 14.4. The molecule has 0 radical (unpaired) electrons. The second-order valence-corrected chi connectivity index (χ2v) is 5.93. The van der Waals surface area contributed by atoms with Crippen LogP contribution < -0.4 is 5.32 Å². The molecule has 3 nitrogen and oxygen atoms in total. The van der Waals surface area contributed by atoms with Gasteiger partial charge in [-0.1, -0.05) is 40.5 Å². The van der Waals surface area contributed by atoms with Crippen molar-refractivity contribution in [3.8, 4) is 0 Å². The molecule has 0 bridgehead atoms. The summed E-state index contributed by atoms with van der Waals surface area (Å²) in [6, 6.07) is 1.35. The number of rotatable bonds is 9. The Morgan fingerprint density at radius 1 is 1.26 bits per heavy atom. The Hall–Kier alpha value is -0.120. The minimum absolute atomic E-state index is 0.663. The van der Waals surface area contributed by atoms with Crippen LogP contribution in [0.25, 0.3) is 0 Å². The standard InChI is InChI=1S/C16H34N2O/c1-5-8-10-19-11-9-18-13-15(7-3)17-12-16(18)14(4)6-2/h14-17H,5-13H2,1-4H3. The molecule has 3 unspecified atom stereocenters. The van der Waals surface area contributed by atoms with Crippen LogP contribution in [0.5, 0.6) is 0 Å². The number of hydrogen-bond acceptors (Lipinski definition) is 3. The average molecular weight is 270 g/mol. The van der Waals surface area contributed by atoms with E-state index in [1.165, 1.54) is 32.2 Å². The molecule has 0 aromatic carbocycles. The second kappa shape index (κ2) is 9.73. The third-order valence-electron chi connectivity index (χ3n) is 4.50. The predicted octanol–water partition coefficient (Wildman–Crippen LogP) is 2.90. The Bertz CT molecular complexity index is 223. The van der Waals surface area contributed by atoms with Gasteiger partial charge in [0.25, 0.3) is 0 Å². The van der Waals surface area contributed by atoms with Crippen molar-refractivity contribution in [2.45, 2.75) is 65.5 Å². The van der Waals surface area contributed by atoms with E-state index in [0.29, 0.717) is 12.1 Å². The quantitative estimate of drug-likeness (QED) is 0.652. The number of piperazine rings is 1. The van der Waals surface area contributed by atoms with Gasteiger partial charge < -0.3 is 10.1 Å². The zero-order valence-electron chi connectivity index (χ0n) is 13.5. The van der Waals surface area contributed by atoms with Crippen LogP contribution in [0.1, 0.15) is 53.4 Å². The highest BCUT2D eigenvalue weighted by molar-refractivity contribution is 4.87. The van der Waals surface area contributed by atoms with Crippen molar-refractivity contribution in [1.82, 2.24) is 10.2 Å². The molecule has 3 atom stereocenters. The largest absolute Gasteiger partial charge is 0.380 e. The highest BCUT2D eigenvalue weighted by atomic mass is 16.5. The van der Waals surface area contributed by atoms with Crippen LogP contribution in [0.3, 0.4) is 0 Å². The third kappa shape index (κ3) is 5.80. The molecule has 1 rings (SSSR count). The molecule has 0 spiro atoms. The van der Waals surface area contributed by atoms with E-state index in [0.717, 1.165) is 32.2 Å². The van der Waals surface area contributed by atoms with Crippen molar-refractivity contribution in [3.63, 3.8) is 0 Å². The lowest BCUT2D eigenvalue weighted by atomic mass is 9.94. The van der Waals surface area contributed by atoms with Crippen LogP contribution >= 0.6 is 0 Å². The molecule has 0 amide bonds. The van der Waals surface area contributed by atoms with Gasteiger partial charge in [0, 0.05) is 38.3 Å². The molecule has 19 heavy (non-hydrogen) atoms. The monoisotopic (exact) mass is 270 g/mol. The fourth-order valence-corrected chi connectivity index (χ4v) is 2.79. The van der Waals surface area contributed by atoms with Crippen molar-refractivity contribution in [2.24, 2.45) is 5.92 Å². The zero-order chi connectivity index (χ0) is 14.1. The van der Waals surface area contributed by atoms with Gasteiger partial charge in [0.1, 0.15) is 0 Å². The fourth-order valence-electron chi connectivity index (χ4n) is 2.79. The SMILES string of the molecule is CCCCOCCN1CC(CC)NCC1C(C)CC. The first kappa shape index (κ1) is 16.9. The highest BCUT2D eigenvalue weighted by Gasteiger charge is 2.29. The number of unbranched alkanes of at least 4 members (excludes halogenated alkanes) is 1. The summed E-state index contributed by atoms with van der Waals surface area (Å²) in [5.74, 6) is 0.765. The van der Waals surface area contributed by atoms with Crippen LogP contribution in [0.2, 0.25) is 0 Å². The summed E-state index contributed by atoms with van der Waals surface area (Å²) >= 11 is 0. The first-order valence-electron chi connectivity index (χ1n) is 8.28. The van der Waals surface area contributed by atoms with Gasteiger partial charge >= 0.3 is 0 Å². The van der Waals surface area contributed by atoms with E-state index in [2.05, 4.69) is 37.9 Å². The van der Waals surface area contributed by atoms with Crippen molar-refractivity contribution in [3.05, 3.63) is 0 Å². The smallest absolute Gasteiger partial charge is 0.0593 e. The average Bonchev–Trinajstić information content (AvgIpc) is 2.46. The number of ether oxygens (including phenoxy) is 1. The molecule has 1 fully saturated rings. The molecule has 1 N–H and O–H groups in total. The Morgan fingerprint density at radius 2 is 2.05 bits per heavy atom. The van der Waals surface area contributed by atoms with E-state index in [1.807, 2.05) is 0 Å². The van der Waals surface area contributed by atoms with E-state index >= 15 is 0 Å². The van der Waals surface area contributed by atoms with E-state index in [1.54, 1.807) is 0 Å². The third-order valence-corrected chi connectivity index (χ3v) is 4.50.